The third-order valence-electron chi connectivity index (χ3n) is 4.12. The summed E-state index contributed by atoms with van der Waals surface area (Å²) in [5.41, 5.74) is 0.855. The molecule has 0 radical (unpaired) electrons. The molecule has 0 saturated heterocycles. The van der Waals surface area contributed by atoms with Gasteiger partial charge in [-0.2, -0.15) is 0 Å². The maximum atomic E-state index is 11.7. The van der Waals surface area contributed by atoms with Crippen molar-refractivity contribution >= 4 is 11.9 Å². The second-order valence-electron chi connectivity index (χ2n) is 6.53. The van der Waals surface area contributed by atoms with Gasteiger partial charge >= 0.3 is 11.9 Å². The molecule has 0 bridgehead atoms. The molecular weight excluding hydrogens is 340 g/mol. The van der Waals surface area contributed by atoms with Crippen molar-refractivity contribution in [1.29, 1.82) is 0 Å². The van der Waals surface area contributed by atoms with Gasteiger partial charge in [-0.3, -0.25) is 0 Å². The number of aryl methyl sites for hydroxylation is 1. The summed E-state index contributed by atoms with van der Waals surface area (Å²) in [4.78, 5) is 23.3. The van der Waals surface area contributed by atoms with Crippen LogP contribution in [0.3, 0.4) is 0 Å². The molecule has 0 amide bonds. The smallest absolute Gasteiger partial charge is 0.336 e. The minimum absolute atomic E-state index is 0.215. The third kappa shape index (κ3) is 11.8. The molecule has 0 unspecified atom stereocenters. The second kappa shape index (κ2) is 14.8. The lowest BCUT2D eigenvalue weighted by Gasteiger charge is -2.03. The van der Waals surface area contributed by atoms with E-state index in [2.05, 4.69) is 6.92 Å². The van der Waals surface area contributed by atoms with E-state index in [1.807, 2.05) is 31.2 Å². The van der Waals surface area contributed by atoms with E-state index >= 15 is 0 Å². The van der Waals surface area contributed by atoms with Crippen molar-refractivity contribution in [3.63, 3.8) is 0 Å². The Balaban J connectivity index is 2.10. The number of para-hydroxylation sites is 1. The molecule has 0 atom stereocenters. The number of rotatable bonds is 13. The molecule has 1 aromatic carbocycles. The highest BCUT2D eigenvalue weighted by atomic mass is 16.5. The first-order valence-corrected chi connectivity index (χ1v) is 9.90. The van der Waals surface area contributed by atoms with Crippen LogP contribution < -0.4 is 4.74 Å². The number of carbonyl (C=O) groups is 2. The summed E-state index contributed by atoms with van der Waals surface area (Å²) in [6, 6.07) is 7.20. The number of esters is 2. The summed E-state index contributed by atoms with van der Waals surface area (Å²) in [6.45, 7) is 4.29. The standard InChI is InChI=1S/C23H32O4/c1-3-4-5-6-7-8-9-10-11-14-19-26-22(24)17-18-23(25)27-21-16-13-12-15-20(21)2/h11-18H,3-10,19H2,1-2H3/b14-11+,18-17+. The molecular formula is C23H32O4. The number of carbonyl (C=O) groups excluding carboxylic acids is 2. The van der Waals surface area contributed by atoms with Crippen molar-refractivity contribution < 1.29 is 19.1 Å². The van der Waals surface area contributed by atoms with Gasteiger partial charge in [0.05, 0.1) is 0 Å². The van der Waals surface area contributed by atoms with Crippen LogP contribution in [0.5, 0.6) is 5.75 Å². The third-order valence-corrected chi connectivity index (χ3v) is 4.12. The lowest BCUT2D eigenvalue weighted by molar-refractivity contribution is -0.137. The molecule has 0 fully saturated rings. The molecule has 0 aliphatic heterocycles. The summed E-state index contributed by atoms with van der Waals surface area (Å²) < 4.78 is 10.2. The normalized spacial score (nSPS) is 11.2. The largest absolute Gasteiger partial charge is 0.458 e. The average Bonchev–Trinajstić information content (AvgIpc) is 2.66. The number of hydrogen-bond acceptors (Lipinski definition) is 4. The number of ether oxygens (including phenoxy) is 2. The molecule has 0 spiro atoms. The number of allylic oxidation sites excluding steroid dienone is 1. The van der Waals surface area contributed by atoms with Crippen LogP contribution in [0.2, 0.25) is 0 Å². The molecule has 4 heteroatoms. The topological polar surface area (TPSA) is 52.6 Å². The minimum Gasteiger partial charge on any atom is -0.458 e. The summed E-state index contributed by atoms with van der Waals surface area (Å²) in [6.07, 6.45) is 16.1. The fraction of sp³-hybridized carbons (Fsp3) is 0.478. The monoisotopic (exact) mass is 372 g/mol. The number of benzene rings is 1. The fourth-order valence-corrected chi connectivity index (χ4v) is 2.53. The van der Waals surface area contributed by atoms with E-state index in [1.165, 1.54) is 44.9 Å². The maximum absolute atomic E-state index is 11.7. The van der Waals surface area contributed by atoms with Gasteiger partial charge in [-0.1, -0.05) is 75.8 Å². The Bertz CT molecular complexity index is 617. The van der Waals surface area contributed by atoms with Crippen molar-refractivity contribution in [2.45, 2.75) is 65.2 Å². The van der Waals surface area contributed by atoms with Gasteiger partial charge in [0.2, 0.25) is 0 Å². The summed E-state index contributed by atoms with van der Waals surface area (Å²) in [7, 11) is 0. The highest BCUT2D eigenvalue weighted by molar-refractivity contribution is 5.92. The second-order valence-corrected chi connectivity index (χ2v) is 6.53. The maximum Gasteiger partial charge on any atom is 0.336 e. The summed E-state index contributed by atoms with van der Waals surface area (Å²) in [5, 5.41) is 0. The van der Waals surface area contributed by atoms with Crippen molar-refractivity contribution in [1.82, 2.24) is 0 Å². The van der Waals surface area contributed by atoms with Crippen molar-refractivity contribution in [2.24, 2.45) is 0 Å². The van der Waals surface area contributed by atoms with Gasteiger partial charge < -0.3 is 9.47 Å². The number of unbranched alkanes of at least 4 members (excludes halogenated alkanes) is 7. The molecule has 0 heterocycles. The minimum atomic E-state index is -0.601. The van der Waals surface area contributed by atoms with Gasteiger partial charge in [0.25, 0.3) is 0 Å². The molecule has 1 rings (SSSR count). The quantitative estimate of drug-likeness (QED) is 0.147. The Labute approximate surface area is 163 Å². The highest BCUT2D eigenvalue weighted by Crippen LogP contribution is 2.16. The first kappa shape index (κ1) is 22.7. The van der Waals surface area contributed by atoms with Crippen LogP contribution >= 0.6 is 0 Å². The average molecular weight is 373 g/mol. The highest BCUT2D eigenvalue weighted by Gasteiger charge is 2.04. The van der Waals surface area contributed by atoms with Gasteiger partial charge in [0, 0.05) is 12.2 Å². The zero-order valence-corrected chi connectivity index (χ0v) is 16.6. The van der Waals surface area contributed by atoms with E-state index < -0.39 is 11.9 Å². The predicted octanol–water partition coefficient (Wildman–Crippen LogP) is 5.70. The van der Waals surface area contributed by atoms with Crippen LogP contribution in [0, 0.1) is 6.92 Å². The Hall–Kier alpha value is -2.36. The zero-order chi connectivity index (χ0) is 19.7. The molecule has 0 aromatic heterocycles. The van der Waals surface area contributed by atoms with Crippen LogP contribution in [0.25, 0.3) is 0 Å². The van der Waals surface area contributed by atoms with E-state index in [4.69, 9.17) is 9.47 Å². The number of hydrogen-bond donors (Lipinski definition) is 0. The van der Waals surface area contributed by atoms with Crippen LogP contribution in [-0.2, 0) is 14.3 Å². The Morgan fingerprint density at radius 3 is 2.30 bits per heavy atom. The van der Waals surface area contributed by atoms with Gasteiger partial charge in [-0.15, -0.1) is 0 Å². The van der Waals surface area contributed by atoms with Gasteiger partial charge in [0.1, 0.15) is 12.4 Å². The van der Waals surface area contributed by atoms with E-state index in [1.54, 1.807) is 12.1 Å². The Kier molecular flexibility index (Phi) is 12.4. The summed E-state index contributed by atoms with van der Waals surface area (Å²) >= 11 is 0. The summed E-state index contributed by atoms with van der Waals surface area (Å²) in [5.74, 6) is -0.679. The van der Waals surface area contributed by atoms with E-state index in [0.717, 1.165) is 24.1 Å². The van der Waals surface area contributed by atoms with E-state index in [9.17, 15) is 9.59 Å². The van der Waals surface area contributed by atoms with Crippen molar-refractivity contribution in [2.75, 3.05) is 6.61 Å². The van der Waals surface area contributed by atoms with Gasteiger partial charge in [-0.05, 0) is 31.4 Å². The molecule has 1 aromatic rings. The van der Waals surface area contributed by atoms with Crippen molar-refractivity contribution in [3.05, 3.63) is 54.1 Å². The lowest BCUT2D eigenvalue weighted by atomic mass is 10.1. The Morgan fingerprint density at radius 1 is 0.889 bits per heavy atom. The molecule has 0 N–H and O–H groups in total. The van der Waals surface area contributed by atoms with Gasteiger partial charge in [-0.25, -0.2) is 9.59 Å². The van der Waals surface area contributed by atoms with Crippen LogP contribution in [0.15, 0.2) is 48.6 Å². The van der Waals surface area contributed by atoms with Crippen LogP contribution in [0.4, 0.5) is 0 Å². The Morgan fingerprint density at radius 2 is 1.56 bits per heavy atom. The van der Waals surface area contributed by atoms with Crippen molar-refractivity contribution in [3.8, 4) is 5.75 Å². The molecule has 0 aliphatic rings. The van der Waals surface area contributed by atoms with E-state index in [-0.39, 0.29) is 6.61 Å². The molecule has 4 nitrogen and oxygen atoms in total. The van der Waals surface area contributed by atoms with Crippen LogP contribution in [-0.4, -0.2) is 18.5 Å². The van der Waals surface area contributed by atoms with E-state index in [0.29, 0.717) is 5.75 Å². The fourth-order valence-electron chi connectivity index (χ4n) is 2.53. The molecule has 0 aliphatic carbocycles. The predicted molar refractivity (Wildman–Crippen MR) is 109 cm³/mol. The molecule has 27 heavy (non-hydrogen) atoms. The lowest BCUT2D eigenvalue weighted by Crippen LogP contribution is -2.07. The first-order valence-electron chi connectivity index (χ1n) is 9.90. The van der Waals surface area contributed by atoms with Gasteiger partial charge in [0.15, 0.2) is 0 Å². The SMILES string of the molecule is CCCCCCCCC/C=C/COC(=O)/C=C/C(=O)Oc1ccccc1C. The molecule has 148 valence electrons. The zero-order valence-electron chi connectivity index (χ0n) is 16.6. The van der Waals surface area contributed by atoms with Crippen LogP contribution in [0.1, 0.15) is 63.9 Å². The molecule has 0 saturated carbocycles. The first-order chi connectivity index (χ1) is 13.1.